The van der Waals surface area contributed by atoms with Crippen molar-refractivity contribution in [2.45, 2.75) is 70.6 Å². The van der Waals surface area contributed by atoms with Crippen molar-refractivity contribution >= 4 is 40.0 Å². The Morgan fingerprint density at radius 2 is 1.87 bits per heavy atom. The van der Waals surface area contributed by atoms with Crippen molar-refractivity contribution in [3.8, 4) is 0 Å². The highest BCUT2D eigenvalue weighted by molar-refractivity contribution is 14.0. The van der Waals surface area contributed by atoms with Crippen molar-refractivity contribution in [1.29, 1.82) is 0 Å². The number of rotatable bonds is 6. The van der Waals surface area contributed by atoms with Gasteiger partial charge in [0.25, 0.3) is 0 Å². The summed E-state index contributed by atoms with van der Waals surface area (Å²) in [4.78, 5) is 7.08. The second-order valence-electron chi connectivity index (χ2n) is 9.16. The Labute approximate surface area is 199 Å². The van der Waals surface area contributed by atoms with E-state index in [1.807, 2.05) is 32.9 Å². The number of sulfonamides is 1. The molecule has 0 aromatic heterocycles. The van der Waals surface area contributed by atoms with E-state index in [4.69, 9.17) is 0 Å². The largest absolute Gasteiger partial charge is 0.352 e. The Hall–Kier alpha value is -0.910. The molecule has 0 radical (unpaired) electrons. The molecule has 1 aliphatic heterocycles. The summed E-state index contributed by atoms with van der Waals surface area (Å²) in [5, 5.41) is 6.78. The molecule has 0 aliphatic carbocycles. The van der Waals surface area contributed by atoms with Crippen LogP contribution in [0.2, 0.25) is 0 Å². The van der Waals surface area contributed by atoms with E-state index in [-0.39, 0.29) is 28.9 Å². The molecular weight excluding hydrogens is 513 g/mol. The molecule has 0 amide bonds. The van der Waals surface area contributed by atoms with Crippen LogP contribution >= 0.6 is 24.0 Å². The van der Waals surface area contributed by atoms with E-state index in [0.717, 1.165) is 13.1 Å². The summed E-state index contributed by atoms with van der Waals surface area (Å²) in [6.45, 7) is 14.6. The standard InChI is InChI=1S/C21H37N5O2S.HI/c1-15(2)26-13-16(3)18(14-26)24-20(22-7)23-12-17-10-8-9-11-19(17)29(27,28)25-21(4,5)6;/h8-11,15-16,18,25H,12-14H2,1-7H3,(H2,22,23,24);1H. The van der Waals surface area contributed by atoms with Crippen molar-refractivity contribution in [3.63, 3.8) is 0 Å². The Bertz CT molecular complexity index is 821. The Morgan fingerprint density at radius 3 is 2.40 bits per heavy atom. The van der Waals surface area contributed by atoms with Gasteiger partial charge in [0.2, 0.25) is 10.0 Å². The van der Waals surface area contributed by atoms with Gasteiger partial charge in [0.15, 0.2) is 5.96 Å². The summed E-state index contributed by atoms with van der Waals surface area (Å²) in [5.74, 6) is 1.20. The fourth-order valence-electron chi connectivity index (χ4n) is 3.53. The molecule has 0 bridgehead atoms. The molecule has 2 rings (SSSR count). The molecule has 3 N–H and O–H groups in total. The monoisotopic (exact) mass is 551 g/mol. The van der Waals surface area contributed by atoms with Gasteiger partial charge in [-0.25, -0.2) is 13.1 Å². The summed E-state index contributed by atoms with van der Waals surface area (Å²) in [6, 6.07) is 7.89. The topological polar surface area (TPSA) is 85.8 Å². The Morgan fingerprint density at radius 1 is 1.23 bits per heavy atom. The van der Waals surface area contributed by atoms with E-state index in [1.54, 1.807) is 19.2 Å². The van der Waals surface area contributed by atoms with E-state index in [2.05, 4.69) is 46.0 Å². The lowest BCUT2D eigenvalue weighted by Crippen LogP contribution is -2.46. The van der Waals surface area contributed by atoms with Crippen molar-refractivity contribution in [2.24, 2.45) is 10.9 Å². The van der Waals surface area contributed by atoms with Gasteiger partial charge in [-0.05, 0) is 52.2 Å². The maximum atomic E-state index is 12.8. The third-order valence-corrected chi connectivity index (χ3v) is 6.92. The summed E-state index contributed by atoms with van der Waals surface area (Å²) in [7, 11) is -1.87. The van der Waals surface area contributed by atoms with E-state index in [1.165, 1.54) is 0 Å². The minimum absolute atomic E-state index is 0. The van der Waals surface area contributed by atoms with Gasteiger partial charge >= 0.3 is 0 Å². The first-order valence-corrected chi connectivity index (χ1v) is 11.7. The molecular formula is C21H38IN5O2S. The van der Waals surface area contributed by atoms with Crippen LogP contribution in [-0.2, 0) is 16.6 Å². The number of nitrogens with zero attached hydrogens (tertiary/aromatic N) is 2. The predicted molar refractivity (Wildman–Crippen MR) is 135 cm³/mol. The molecule has 1 saturated heterocycles. The molecule has 9 heteroatoms. The highest BCUT2D eigenvalue weighted by Gasteiger charge is 2.31. The van der Waals surface area contributed by atoms with E-state index >= 15 is 0 Å². The Balaban J connectivity index is 0.00000450. The lowest BCUT2D eigenvalue weighted by Gasteiger charge is -2.23. The lowest BCUT2D eigenvalue weighted by atomic mass is 10.1. The van der Waals surface area contributed by atoms with Crippen LogP contribution in [0.3, 0.4) is 0 Å². The molecule has 1 fully saturated rings. The molecule has 30 heavy (non-hydrogen) atoms. The third kappa shape index (κ3) is 7.65. The van der Waals surface area contributed by atoms with Gasteiger partial charge in [-0.1, -0.05) is 25.1 Å². The van der Waals surface area contributed by atoms with Gasteiger partial charge < -0.3 is 10.6 Å². The van der Waals surface area contributed by atoms with Crippen molar-refractivity contribution < 1.29 is 8.42 Å². The van der Waals surface area contributed by atoms with Crippen LogP contribution in [0, 0.1) is 5.92 Å². The highest BCUT2D eigenvalue weighted by atomic mass is 127. The van der Waals surface area contributed by atoms with Crippen molar-refractivity contribution in [1.82, 2.24) is 20.3 Å². The van der Waals surface area contributed by atoms with Gasteiger partial charge in [0.05, 0.1) is 4.90 Å². The minimum Gasteiger partial charge on any atom is -0.352 e. The first kappa shape index (κ1) is 27.1. The van der Waals surface area contributed by atoms with Crippen LogP contribution in [0.5, 0.6) is 0 Å². The molecule has 1 aromatic carbocycles. The smallest absolute Gasteiger partial charge is 0.241 e. The molecule has 1 aromatic rings. The summed E-state index contributed by atoms with van der Waals surface area (Å²) in [6.07, 6.45) is 0. The van der Waals surface area contributed by atoms with E-state index in [9.17, 15) is 8.42 Å². The van der Waals surface area contributed by atoms with E-state index < -0.39 is 15.6 Å². The van der Waals surface area contributed by atoms with Gasteiger partial charge in [0.1, 0.15) is 0 Å². The maximum Gasteiger partial charge on any atom is 0.241 e. The van der Waals surface area contributed by atoms with Crippen LogP contribution < -0.4 is 15.4 Å². The summed E-state index contributed by atoms with van der Waals surface area (Å²) >= 11 is 0. The zero-order valence-electron chi connectivity index (χ0n) is 19.2. The fourth-order valence-corrected chi connectivity index (χ4v) is 5.19. The molecule has 1 aliphatic rings. The van der Waals surface area contributed by atoms with Crippen LogP contribution in [0.25, 0.3) is 0 Å². The number of nitrogens with one attached hydrogen (secondary N) is 3. The molecule has 7 nitrogen and oxygen atoms in total. The van der Waals surface area contributed by atoms with Crippen molar-refractivity contribution in [2.75, 3.05) is 20.1 Å². The minimum atomic E-state index is -3.61. The Kier molecular flexibility index (Phi) is 10.0. The van der Waals surface area contributed by atoms with E-state index in [0.29, 0.717) is 36.1 Å². The SMILES string of the molecule is CN=C(NCc1ccccc1S(=O)(=O)NC(C)(C)C)NC1CN(C(C)C)CC1C.I. The quantitative estimate of drug-likeness (QED) is 0.288. The van der Waals surface area contributed by atoms with Crippen LogP contribution in [-0.4, -0.2) is 57.0 Å². The summed E-state index contributed by atoms with van der Waals surface area (Å²) in [5.41, 5.74) is 0.160. The zero-order valence-corrected chi connectivity index (χ0v) is 22.3. The number of hydrogen-bond acceptors (Lipinski definition) is 4. The van der Waals surface area contributed by atoms with Crippen LogP contribution in [0.15, 0.2) is 34.2 Å². The number of aliphatic imine (C=N–C) groups is 1. The molecule has 1 heterocycles. The molecule has 172 valence electrons. The average Bonchev–Trinajstić information content (AvgIpc) is 2.97. The summed E-state index contributed by atoms with van der Waals surface area (Å²) < 4.78 is 28.4. The van der Waals surface area contributed by atoms with Gasteiger partial charge in [0, 0.05) is 44.3 Å². The predicted octanol–water partition coefficient (Wildman–Crippen LogP) is 2.78. The molecule has 0 saturated carbocycles. The van der Waals surface area contributed by atoms with Crippen LogP contribution in [0.1, 0.15) is 47.1 Å². The first-order valence-electron chi connectivity index (χ1n) is 10.3. The maximum absolute atomic E-state index is 12.8. The number of benzene rings is 1. The molecule has 2 unspecified atom stereocenters. The fraction of sp³-hybridized carbons (Fsp3) is 0.667. The average molecular weight is 552 g/mol. The van der Waals surface area contributed by atoms with Crippen LogP contribution in [0.4, 0.5) is 0 Å². The van der Waals surface area contributed by atoms with Gasteiger partial charge in [-0.2, -0.15) is 0 Å². The number of guanidine groups is 1. The third-order valence-electron chi connectivity index (χ3n) is 5.07. The van der Waals surface area contributed by atoms with Crippen molar-refractivity contribution in [3.05, 3.63) is 29.8 Å². The second-order valence-corrected chi connectivity index (χ2v) is 10.8. The highest BCUT2D eigenvalue weighted by Crippen LogP contribution is 2.19. The molecule has 0 spiro atoms. The molecule has 2 atom stereocenters. The first-order chi connectivity index (χ1) is 13.4. The second kappa shape index (κ2) is 11.1. The normalized spacial score (nSPS) is 20.9. The number of hydrogen-bond donors (Lipinski definition) is 3. The van der Waals surface area contributed by atoms with Gasteiger partial charge in [-0.3, -0.25) is 9.89 Å². The number of likely N-dealkylation sites (tertiary alicyclic amines) is 1. The number of halogens is 1. The zero-order chi connectivity index (χ0) is 21.8. The van der Waals surface area contributed by atoms with Gasteiger partial charge in [-0.15, -0.1) is 24.0 Å². The lowest BCUT2D eigenvalue weighted by molar-refractivity contribution is 0.265.